The Morgan fingerprint density at radius 2 is 2.44 bits per heavy atom. The van der Waals surface area contributed by atoms with Crippen LogP contribution in [0.25, 0.3) is 0 Å². The first-order valence-electron chi connectivity index (χ1n) is 4.89. The van der Waals surface area contributed by atoms with Crippen molar-refractivity contribution in [3.8, 4) is 0 Å². The van der Waals surface area contributed by atoms with E-state index < -0.39 is 5.97 Å². The van der Waals surface area contributed by atoms with Gasteiger partial charge in [0.05, 0.1) is 24.8 Å². The van der Waals surface area contributed by atoms with Gasteiger partial charge in [-0.05, 0) is 12.5 Å². The molecule has 0 aromatic carbocycles. The molecule has 0 saturated heterocycles. The van der Waals surface area contributed by atoms with Gasteiger partial charge >= 0.3 is 5.97 Å². The van der Waals surface area contributed by atoms with Crippen LogP contribution in [0.5, 0.6) is 0 Å². The van der Waals surface area contributed by atoms with Crippen LogP contribution in [0.1, 0.15) is 28.7 Å². The highest BCUT2D eigenvalue weighted by Crippen LogP contribution is 2.10. The monoisotopic (exact) mass is 221 g/mol. The first-order valence-corrected chi connectivity index (χ1v) is 4.89. The van der Waals surface area contributed by atoms with Gasteiger partial charge < -0.3 is 9.52 Å². The van der Waals surface area contributed by atoms with Crippen molar-refractivity contribution in [1.29, 1.82) is 0 Å². The maximum Gasteiger partial charge on any atom is 0.358 e. The molecule has 2 aromatic heterocycles. The molecule has 2 aromatic rings. The van der Waals surface area contributed by atoms with E-state index in [9.17, 15) is 4.79 Å². The van der Waals surface area contributed by atoms with Crippen molar-refractivity contribution >= 4 is 5.97 Å². The van der Waals surface area contributed by atoms with Gasteiger partial charge in [-0.2, -0.15) is 0 Å². The van der Waals surface area contributed by atoms with Gasteiger partial charge in [0.2, 0.25) is 0 Å². The minimum absolute atomic E-state index is 0.0194. The fourth-order valence-electron chi connectivity index (χ4n) is 1.53. The summed E-state index contributed by atoms with van der Waals surface area (Å²) in [5.41, 5.74) is 1.57. The molecule has 0 unspecified atom stereocenters. The van der Waals surface area contributed by atoms with Crippen LogP contribution in [0.15, 0.2) is 23.0 Å². The Balaban J connectivity index is 2.31. The molecule has 0 aliphatic carbocycles. The summed E-state index contributed by atoms with van der Waals surface area (Å²) in [5, 5.41) is 16.4. The van der Waals surface area contributed by atoms with E-state index in [4.69, 9.17) is 9.52 Å². The zero-order valence-electron chi connectivity index (χ0n) is 8.75. The van der Waals surface area contributed by atoms with Gasteiger partial charge in [-0.15, -0.1) is 5.10 Å². The van der Waals surface area contributed by atoms with E-state index in [-0.39, 0.29) is 5.69 Å². The van der Waals surface area contributed by atoms with Crippen molar-refractivity contribution in [3.63, 3.8) is 0 Å². The highest BCUT2D eigenvalue weighted by atomic mass is 16.4. The SMILES string of the molecule is CCc1c(C(=O)O)nnn1Cc1ccoc1. The molecule has 16 heavy (non-hydrogen) atoms. The van der Waals surface area contributed by atoms with Gasteiger partial charge in [-0.25, -0.2) is 9.48 Å². The molecule has 0 aliphatic rings. The molecule has 0 fully saturated rings. The first kappa shape index (κ1) is 10.4. The average Bonchev–Trinajstić information content (AvgIpc) is 2.87. The molecule has 1 N–H and O–H groups in total. The van der Waals surface area contributed by atoms with E-state index in [2.05, 4.69) is 10.3 Å². The summed E-state index contributed by atoms with van der Waals surface area (Å²) in [6.45, 7) is 2.34. The average molecular weight is 221 g/mol. The third kappa shape index (κ3) is 1.81. The summed E-state index contributed by atoms with van der Waals surface area (Å²) in [4.78, 5) is 10.9. The van der Waals surface area contributed by atoms with Crippen molar-refractivity contribution in [2.24, 2.45) is 0 Å². The molecule has 2 heterocycles. The van der Waals surface area contributed by atoms with Crippen LogP contribution in [0.3, 0.4) is 0 Å². The summed E-state index contributed by atoms with van der Waals surface area (Å²) >= 11 is 0. The van der Waals surface area contributed by atoms with Crippen LogP contribution in [0.2, 0.25) is 0 Å². The quantitative estimate of drug-likeness (QED) is 0.838. The molecular formula is C10H11N3O3. The fourth-order valence-corrected chi connectivity index (χ4v) is 1.53. The normalized spacial score (nSPS) is 10.6. The van der Waals surface area contributed by atoms with Crippen molar-refractivity contribution < 1.29 is 14.3 Å². The van der Waals surface area contributed by atoms with Gasteiger partial charge in [-0.3, -0.25) is 0 Å². The van der Waals surface area contributed by atoms with Crippen LogP contribution in [-0.2, 0) is 13.0 Å². The molecule has 84 valence electrons. The lowest BCUT2D eigenvalue weighted by Crippen LogP contribution is -2.08. The second-order valence-electron chi connectivity index (χ2n) is 3.33. The minimum Gasteiger partial charge on any atom is -0.476 e. The van der Waals surface area contributed by atoms with Gasteiger partial charge in [0.25, 0.3) is 0 Å². The first-order chi connectivity index (χ1) is 7.72. The van der Waals surface area contributed by atoms with Crippen LogP contribution >= 0.6 is 0 Å². The molecular weight excluding hydrogens is 210 g/mol. The highest BCUT2D eigenvalue weighted by Gasteiger charge is 2.17. The van der Waals surface area contributed by atoms with E-state index in [0.29, 0.717) is 18.7 Å². The minimum atomic E-state index is -1.05. The Hall–Kier alpha value is -2.11. The van der Waals surface area contributed by atoms with Gasteiger partial charge in [0, 0.05) is 5.56 Å². The van der Waals surface area contributed by atoms with Crippen LogP contribution in [0.4, 0.5) is 0 Å². The third-order valence-electron chi connectivity index (χ3n) is 2.29. The van der Waals surface area contributed by atoms with Gasteiger partial charge in [0.15, 0.2) is 5.69 Å². The third-order valence-corrected chi connectivity index (χ3v) is 2.29. The molecule has 2 rings (SSSR count). The fraction of sp³-hybridized carbons (Fsp3) is 0.300. The van der Waals surface area contributed by atoms with E-state index in [1.165, 1.54) is 0 Å². The van der Waals surface area contributed by atoms with E-state index in [0.717, 1.165) is 5.56 Å². The summed E-state index contributed by atoms with van der Waals surface area (Å²) < 4.78 is 6.51. The highest BCUT2D eigenvalue weighted by molar-refractivity contribution is 5.86. The second-order valence-corrected chi connectivity index (χ2v) is 3.33. The Morgan fingerprint density at radius 3 is 3.00 bits per heavy atom. The predicted molar refractivity (Wildman–Crippen MR) is 54.2 cm³/mol. The maximum atomic E-state index is 10.9. The van der Waals surface area contributed by atoms with Crippen LogP contribution in [0, 0.1) is 0 Å². The van der Waals surface area contributed by atoms with Crippen molar-refractivity contribution in [1.82, 2.24) is 15.0 Å². The Labute approximate surface area is 91.5 Å². The number of nitrogens with zero attached hydrogens (tertiary/aromatic N) is 3. The van der Waals surface area contributed by atoms with Crippen molar-refractivity contribution in [2.75, 3.05) is 0 Å². The number of carboxylic acids is 1. The standard InChI is InChI=1S/C10H11N3O3/c1-2-8-9(10(14)15)11-12-13(8)5-7-3-4-16-6-7/h3-4,6H,2,5H2,1H3,(H,14,15). The number of carbonyl (C=O) groups is 1. The number of hydrogen-bond acceptors (Lipinski definition) is 4. The Bertz CT molecular complexity index is 487. The van der Waals surface area contributed by atoms with Crippen LogP contribution < -0.4 is 0 Å². The Kier molecular flexibility index (Phi) is 2.72. The lowest BCUT2D eigenvalue weighted by molar-refractivity contribution is 0.0689. The van der Waals surface area contributed by atoms with E-state index >= 15 is 0 Å². The lowest BCUT2D eigenvalue weighted by atomic mass is 10.2. The molecule has 0 atom stereocenters. The zero-order valence-corrected chi connectivity index (χ0v) is 8.75. The van der Waals surface area contributed by atoms with Crippen molar-refractivity contribution in [2.45, 2.75) is 19.9 Å². The number of furan rings is 1. The Morgan fingerprint density at radius 1 is 1.62 bits per heavy atom. The molecule has 0 spiro atoms. The molecule has 0 bridgehead atoms. The second kappa shape index (κ2) is 4.18. The maximum absolute atomic E-state index is 10.9. The van der Waals surface area contributed by atoms with E-state index in [1.807, 2.05) is 13.0 Å². The number of aromatic carboxylic acids is 1. The summed E-state index contributed by atoms with van der Waals surface area (Å²) in [5.74, 6) is -1.05. The number of hydrogen-bond donors (Lipinski definition) is 1. The summed E-state index contributed by atoms with van der Waals surface area (Å²) in [7, 11) is 0. The molecule has 6 nitrogen and oxygen atoms in total. The van der Waals surface area contributed by atoms with E-state index in [1.54, 1.807) is 17.2 Å². The largest absolute Gasteiger partial charge is 0.476 e. The predicted octanol–water partition coefficient (Wildman–Crippen LogP) is 1.18. The van der Waals surface area contributed by atoms with Crippen LogP contribution in [-0.4, -0.2) is 26.1 Å². The smallest absolute Gasteiger partial charge is 0.358 e. The van der Waals surface area contributed by atoms with Crippen molar-refractivity contribution in [3.05, 3.63) is 35.5 Å². The molecule has 0 saturated carbocycles. The molecule has 0 amide bonds. The zero-order chi connectivity index (χ0) is 11.5. The number of carboxylic acid groups (broad SMARTS) is 1. The molecule has 0 radical (unpaired) electrons. The van der Waals surface area contributed by atoms with Gasteiger partial charge in [-0.1, -0.05) is 12.1 Å². The summed E-state index contributed by atoms with van der Waals surface area (Å²) in [6, 6.07) is 1.81. The number of aromatic nitrogens is 3. The molecule has 6 heteroatoms. The summed E-state index contributed by atoms with van der Waals surface area (Å²) in [6.07, 6.45) is 3.74. The van der Waals surface area contributed by atoms with Gasteiger partial charge in [0.1, 0.15) is 0 Å². The molecule has 0 aliphatic heterocycles. The topological polar surface area (TPSA) is 81.1 Å². The number of rotatable bonds is 4. The lowest BCUT2D eigenvalue weighted by Gasteiger charge is -2.02.